The third kappa shape index (κ3) is 4.81. The summed E-state index contributed by atoms with van der Waals surface area (Å²) in [5.41, 5.74) is 1.13. The van der Waals surface area contributed by atoms with Crippen LogP contribution in [0.4, 0.5) is 4.39 Å². The molecular weight excluding hydrogens is 323 g/mol. The number of aromatic nitrogens is 1. The van der Waals surface area contributed by atoms with Crippen molar-refractivity contribution in [2.75, 3.05) is 5.75 Å². The molecule has 0 unspecified atom stereocenters. The van der Waals surface area contributed by atoms with Gasteiger partial charge in [0.15, 0.2) is 0 Å². The summed E-state index contributed by atoms with van der Waals surface area (Å²) in [5.74, 6) is 0.666. The van der Waals surface area contributed by atoms with E-state index in [9.17, 15) is 9.18 Å². The van der Waals surface area contributed by atoms with E-state index >= 15 is 0 Å². The van der Waals surface area contributed by atoms with Crippen molar-refractivity contribution in [3.8, 4) is 0 Å². The highest BCUT2D eigenvalue weighted by atomic mass is 32.2. The Morgan fingerprint density at radius 2 is 2.04 bits per heavy atom. The van der Waals surface area contributed by atoms with E-state index < -0.39 is 0 Å². The van der Waals surface area contributed by atoms with Crippen LogP contribution in [0.3, 0.4) is 0 Å². The van der Waals surface area contributed by atoms with Gasteiger partial charge in [-0.05, 0) is 55.0 Å². The molecule has 5 heteroatoms. The van der Waals surface area contributed by atoms with Gasteiger partial charge < -0.3 is 5.32 Å². The van der Waals surface area contributed by atoms with Gasteiger partial charge in [-0.15, -0.1) is 0 Å². The van der Waals surface area contributed by atoms with Crippen LogP contribution in [0, 0.1) is 11.7 Å². The van der Waals surface area contributed by atoms with Crippen LogP contribution in [0.5, 0.6) is 0 Å². The van der Waals surface area contributed by atoms with Crippen LogP contribution in [-0.2, 0) is 11.2 Å². The van der Waals surface area contributed by atoms with Crippen molar-refractivity contribution < 1.29 is 9.18 Å². The number of nitrogens with zero attached hydrogens (tertiary/aromatic N) is 1. The van der Waals surface area contributed by atoms with E-state index in [0.29, 0.717) is 11.7 Å². The van der Waals surface area contributed by atoms with Gasteiger partial charge >= 0.3 is 0 Å². The molecule has 0 aliphatic heterocycles. The molecule has 2 atom stereocenters. The second kappa shape index (κ2) is 8.29. The van der Waals surface area contributed by atoms with Gasteiger partial charge in [0.05, 0.1) is 10.8 Å². The van der Waals surface area contributed by atoms with Crippen LogP contribution in [0.25, 0.3) is 0 Å². The fraction of sp³-hybridized carbons (Fsp3) is 0.368. The van der Waals surface area contributed by atoms with Crippen LogP contribution >= 0.6 is 11.8 Å². The molecule has 2 aromatic rings. The van der Waals surface area contributed by atoms with Crippen LogP contribution in [0.2, 0.25) is 0 Å². The molecule has 1 fully saturated rings. The summed E-state index contributed by atoms with van der Waals surface area (Å²) in [5, 5.41) is 4.03. The Balaban J connectivity index is 1.50. The van der Waals surface area contributed by atoms with Crippen molar-refractivity contribution >= 4 is 17.7 Å². The number of thioether (sulfide) groups is 1. The molecule has 126 valence electrons. The highest BCUT2D eigenvalue weighted by Gasteiger charge is 2.28. The van der Waals surface area contributed by atoms with E-state index in [4.69, 9.17) is 0 Å². The van der Waals surface area contributed by atoms with Crippen LogP contribution in [0.1, 0.15) is 24.8 Å². The first-order valence-electron chi connectivity index (χ1n) is 8.28. The standard InChI is InChI=1S/C19H21FN2OS/c20-16-9-7-14(8-10-16)12-15-4-3-5-17(15)22-18(23)13-24-19-6-1-2-11-21-19/h1-2,6-11,15,17H,3-5,12-13H2,(H,22,23)/t15-,17-/m0/s1. The Bertz CT molecular complexity index is 663. The van der Waals surface area contributed by atoms with E-state index in [1.807, 2.05) is 30.3 Å². The molecule has 0 saturated heterocycles. The average Bonchev–Trinajstić information content (AvgIpc) is 3.03. The minimum absolute atomic E-state index is 0.0571. The molecule has 0 radical (unpaired) electrons. The second-order valence-corrected chi connectivity index (χ2v) is 7.15. The minimum Gasteiger partial charge on any atom is -0.352 e. The van der Waals surface area contributed by atoms with Crippen molar-refractivity contribution in [2.45, 2.75) is 36.8 Å². The molecule has 24 heavy (non-hydrogen) atoms. The molecule has 1 aromatic carbocycles. The van der Waals surface area contributed by atoms with Crippen molar-refractivity contribution in [1.29, 1.82) is 0 Å². The monoisotopic (exact) mass is 344 g/mol. The quantitative estimate of drug-likeness (QED) is 0.810. The number of hydrogen-bond acceptors (Lipinski definition) is 3. The zero-order chi connectivity index (χ0) is 16.8. The van der Waals surface area contributed by atoms with E-state index in [1.54, 1.807) is 6.20 Å². The van der Waals surface area contributed by atoms with Gasteiger partial charge in [-0.3, -0.25) is 4.79 Å². The molecule has 3 rings (SSSR count). The third-order valence-corrected chi connectivity index (χ3v) is 5.35. The summed E-state index contributed by atoms with van der Waals surface area (Å²) in [6, 6.07) is 12.6. The maximum Gasteiger partial charge on any atom is 0.230 e. The normalized spacial score (nSPS) is 20.0. The van der Waals surface area contributed by atoms with E-state index in [2.05, 4.69) is 10.3 Å². The van der Waals surface area contributed by atoms with Crippen molar-refractivity contribution in [2.24, 2.45) is 5.92 Å². The maximum atomic E-state index is 13.0. The second-order valence-electron chi connectivity index (χ2n) is 6.15. The van der Waals surface area contributed by atoms with Gasteiger partial charge in [0.1, 0.15) is 5.82 Å². The number of rotatable bonds is 6. The number of hydrogen-bond donors (Lipinski definition) is 1. The summed E-state index contributed by atoms with van der Waals surface area (Å²) in [6.45, 7) is 0. The molecule has 0 bridgehead atoms. The largest absolute Gasteiger partial charge is 0.352 e. The minimum atomic E-state index is -0.207. The number of carbonyl (C=O) groups excluding carboxylic acids is 1. The fourth-order valence-electron chi connectivity index (χ4n) is 3.21. The van der Waals surface area contributed by atoms with Crippen molar-refractivity contribution in [3.05, 3.63) is 60.0 Å². The molecule has 1 aliphatic rings. The molecule has 1 aromatic heterocycles. The first kappa shape index (κ1) is 17.0. The van der Waals surface area contributed by atoms with E-state index in [1.165, 1.54) is 23.9 Å². The molecular formula is C19H21FN2OS. The predicted octanol–water partition coefficient (Wildman–Crippen LogP) is 3.84. The van der Waals surface area contributed by atoms with Crippen molar-refractivity contribution in [1.82, 2.24) is 10.3 Å². The number of nitrogens with one attached hydrogen (secondary N) is 1. The lowest BCUT2D eigenvalue weighted by molar-refractivity contribution is -0.119. The summed E-state index contributed by atoms with van der Waals surface area (Å²) >= 11 is 1.45. The zero-order valence-electron chi connectivity index (χ0n) is 13.5. The van der Waals surface area contributed by atoms with Gasteiger partial charge in [0, 0.05) is 12.2 Å². The van der Waals surface area contributed by atoms with Crippen molar-refractivity contribution in [3.63, 3.8) is 0 Å². The van der Waals surface area contributed by atoms with E-state index in [-0.39, 0.29) is 17.8 Å². The summed E-state index contributed by atoms with van der Waals surface area (Å²) in [4.78, 5) is 16.4. The highest BCUT2D eigenvalue weighted by Crippen LogP contribution is 2.29. The van der Waals surface area contributed by atoms with Crippen LogP contribution in [0.15, 0.2) is 53.7 Å². The summed E-state index contributed by atoms with van der Waals surface area (Å²) in [7, 11) is 0. The molecule has 1 aliphatic carbocycles. The van der Waals surface area contributed by atoms with E-state index in [0.717, 1.165) is 36.3 Å². The fourth-order valence-corrected chi connectivity index (χ4v) is 3.89. The van der Waals surface area contributed by atoms with Gasteiger partial charge in [-0.25, -0.2) is 9.37 Å². The van der Waals surface area contributed by atoms with Crippen LogP contribution < -0.4 is 5.32 Å². The number of carbonyl (C=O) groups is 1. The third-order valence-electron chi connectivity index (χ3n) is 4.41. The maximum absolute atomic E-state index is 13.0. The lowest BCUT2D eigenvalue weighted by Gasteiger charge is -2.21. The van der Waals surface area contributed by atoms with Gasteiger partial charge in [0.2, 0.25) is 5.91 Å². The number of benzene rings is 1. The Morgan fingerprint density at radius 1 is 1.21 bits per heavy atom. The molecule has 3 nitrogen and oxygen atoms in total. The van der Waals surface area contributed by atoms with Gasteiger partial charge in [-0.1, -0.05) is 36.4 Å². The SMILES string of the molecule is O=C(CSc1ccccn1)N[C@H]1CCC[C@H]1Cc1ccc(F)cc1. The van der Waals surface area contributed by atoms with Gasteiger partial charge in [0.25, 0.3) is 0 Å². The zero-order valence-corrected chi connectivity index (χ0v) is 14.3. The molecule has 0 spiro atoms. The Hall–Kier alpha value is -1.88. The molecule has 1 saturated carbocycles. The summed E-state index contributed by atoms with van der Waals surface area (Å²) in [6.07, 6.45) is 5.88. The predicted molar refractivity (Wildman–Crippen MR) is 94.3 cm³/mol. The lowest BCUT2D eigenvalue weighted by atomic mass is 9.94. The average molecular weight is 344 g/mol. The first-order valence-corrected chi connectivity index (χ1v) is 9.27. The Kier molecular flexibility index (Phi) is 5.86. The molecule has 1 amide bonds. The molecule has 1 N–H and O–H groups in total. The number of halogens is 1. The smallest absolute Gasteiger partial charge is 0.230 e. The summed E-state index contributed by atoms with van der Waals surface area (Å²) < 4.78 is 13.0. The number of amides is 1. The number of pyridine rings is 1. The highest BCUT2D eigenvalue weighted by molar-refractivity contribution is 7.99. The topological polar surface area (TPSA) is 42.0 Å². The lowest BCUT2D eigenvalue weighted by Crippen LogP contribution is -2.39. The first-order chi connectivity index (χ1) is 11.7. The molecule has 1 heterocycles. The van der Waals surface area contributed by atoms with Crippen LogP contribution in [-0.4, -0.2) is 22.7 Å². The van der Waals surface area contributed by atoms with Gasteiger partial charge in [-0.2, -0.15) is 0 Å². The Labute approximate surface area is 146 Å². The Morgan fingerprint density at radius 3 is 2.79 bits per heavy atom.